The van der Waals surface area contributed by atoms with Gasteiger partial charge in [-0.15, -0.1) is 0 Å². The second-order valence-corrected chi connectivity index (χ2v) is 4.30. The first-order valence-corrected chi connectivity index (χ1v) is 5.95. The van der Waals surface area contributed by atoms with E-state index in [-0.39, 0.29) is 0 Å². The highest BCUT2D eigenvalue weighted by molar-refractivity contribution is 6.32. The minimum Gasteiger partial charge on any atom is -0.208 e. The number of benzene rings is 2. The van der Waals surface area contributed by atoms with Gasteiger partial charge in [-0.25, -0.2) is 8.78 Å². The first-order valence-electron chi connectivity index (χ1n) is 5.95. The maximum Gasteiger partial charge on any atom is 0.122 e. The van der Waals surface area contributed by atoms with Crippen molar-refractivity contribution in [2.24, 2.45) is 0 Å². The number of rotatable bonds is 3. The van der Waals surface area contributed by atoms with Crippen molar-refractivity contribution in [3.8, 4) is 11.1 Å². The van der Waals surface area contributed by atoms with Crippen molar-refractivity contribution in [2.75, 3.05) is 0 Å². The topological polar surface area (TPSA) is 0 Å². The standard InChI is InChI=1S/C15H13BF2/c1-2-3-10-4-6-11(7-5-10)12-8-13(17)15(16)14(18)9-12/h4-9H,2-3H2,1H3. The van der Waals surface area contributed by atoms with Crippen LogP contribution >= 0.6 is 0 Å². The van der Waals surface area contributed by atoms with Crippen LogP contribution < -0.4 is 5.46 Å². The Balaban J connectivity index is 2.36. The van der Waals surface area contributed by atoms with E-state index in [0.29, 0.717) is 5.56 Å². The smallest absolute Gasteiger partial charge is 0.122 e. The summed E-state index contributed by atoms with van der Waals surface area (Å²) in [6.45, 7) is 2.11. The molecule has 2 radical (unpaired) electrons. The zero-order valence-corrected chi connectivity index (χ0v) is 10.2. The van der Waals surface area contributed by atoms with Gasteiger partial charge in [-0.1, -0.05) is 37.6 Å². The van der Waals surface area contributed by atoms with Crippen molar-refractivity contribution in [3.63, 3.8) is 0 Å². The van der Waals surface area contributed by atoms with E-state index in [1.165, 1.54) is 17.7 Å². The van der Waals surface area contributed by atoms with Crippen molar-refractivity contribution >= 4 is 13.3 Å². The van der Waals surface area contributed by atoms with Crippen molar-refractivity contribution in [1.82, 2.24) is 0 Å². The van der Waals surface area contributed by atoms with E-state index >= 15 is 0 Å². The van der Waals surface area contributed by atoms with Crippen LogP contribution in [0.1, 0.15) is 18.9 Å². The molecule has 0 nitrogen and oxygen atoms in total. The van der Waals surface area contributed by atoms with E-state index in [1.807, 2.05) is 24.3 Å². The molecule has 0 amide bonds. The molecule has 2 aromatic rings. The predicted octanol–water partition coefficient (Wildman–Crippen LogP) is 3.38. The molecule has 2 aromatic carbocycles. The second-order valence-electron chi connectivity index (χ2n) is 4.30. The molecule has 0 bridgehead atoms. The molecular formula is C15H13BF2. The van der Waals surface area contributed by atoms with Gasteiger partial charge in [0.05, 0.1) is 0 Å². The minimum atomic E-state index is -0.720. The molecule has 0 aliphatic carbocycles. The fourth-order valence-corrected chi connectivity index (χ4v) is 1.90. The summed E-state index contributed by atoms with van der Waals surface area (Å²) in [6.07, 6.45) is 2.08. The molecule has 0 saturated heterocycles. The molecule has 0 heterocycles. The highest BCUT2D eigenvalue weighted by atomic mass is 19.1. The van der Waals surface area contributed by atoms with Gasteiger partial charge in [0.25, 0.3) is 0 Å². The zero-order chi connectivity index (χ0) is 13.1. The molecule has 2 rings (SSSR count). The van der Waals surface area contributed by atoms with Gasteiger partial charge in [0.1, 0.15) is 19.5 Å². The van der Waals surface area contributed by atoms with Crippen LogP contribution in [-0.2, 0) is 6.42 Å². The van der Waals surface area contributed by atoms with Gasteiger partial charge < -0.3 is 0 Å². The number of aryl methyl sites for hydroxylation is 1. The Morgan fingerprint density at radius 3 is 2.00 bits per heavy atom. The molecule has 18 heavy (non-hydrogen) atoms. The average Bonchev–Trinajstić information content (AvgIpc) is 2.37. The maximum absolute atomic E-state index is 13.4. The van der Waals surface area contributed by atoms with Gasteiger partial charge in [0.15, 0.2) is 0 Å². The van der Waals surface area contributed by atoms with Crippen molar-refractivity contribution in [2.45, 2.75) is 19.8 Å². The highest BCUT2D eigenvalue weighted by Gasteiger charge is 2.07. The fraction of sp³-hybridized carbons (Fsp3) is 0.200. The van der Waals surface area contributed by atoms with Crippen LogP contribution in [0.3, 0.4) is 0 Å². The molecule has 0 spiro atoms. The van der Waals surface area contributed by atoms with Crippen LogP contribution in [0.25, 0.3) is 11.1 Å². The van der Waals surface area contributed by atoms with E-state index < -0.39 is 17.1 Å². The average molecular weight is 242 g/mol. The van der Waals surface area contributed by atoms with Crippen molar-refractivity contribution < 1.29 is 8.78 Å². The van der Waals surface area contributed by atoms with Crippen molar-refractivity contribution in [3.05, 3.63) is 53.6 Å². The van der Waals surface area contributed by atoms with Crippen molar-refractivity contribution in [1.29, 1.82) is 0 Å². The number of halogens is 2. The molecule has 0 fully saturated rings. The van der Waals surface area contributed by atoms with Gasteiger partial charge in [0.2, 0.25) is 0 Å². The molecular weight excluding hydrogens is 229 g/mol. The van der Waals surface area contributed by atoms with Crippen LogP contribution in [0, 0.1) is 11.6 Å². The molecule has 0 aromatic heterocycles. The summed E-state index contributed by atoms with van der Waals surface area (Å²) in [5, 5.41) is 0. The molecule has 3 heteroatoms. The molecule has 0 atom stereocenters. The third kappa shape index (κ3) is 2.61. The lowest BCUT2D eigenvalue weighted by atomic mass is 9.91. The van der Waals surface area contributed by atoms with E-state index in [4.69, 9.17) is 7.85 Å². The Morgan fingerprint density at radius 2 is 1.50 bits per heavy atom. The van der Waals surface area contributed by atoms with Crippen LogP contribution in [0.5, 0.6) is 0 Å². The molecule has 0 saturated carbocycles. The highest BCUT2D eigenvalue weighted by Crippen LogP contribution is 2.21. The normalized spacial score (nSPS) is 10.6. The first-order chi connectivity index (χ1) is 8.61. The number of hydrogen-bond acceptors (Lipinski definition) is 0. The van der Waals surface area contributed by atoms with Crippen LogP contribution in [-0.4, -0.2) is 7.85 Å². The summed E-state index contributed by atoms with van der Waals surface area (Å²) in [6, 6.07) is 10.2. The molecule has 0 unspecified atom stereocenters. The quantitative estimate of drug-likeness (QED) is 0.724. The third-order valence-electron chi connectivity index (χ3n) is 2.90. The fourth-order valence-electron chi connectivity index (χ4n) is 1.90. The first kappa shape index (κ1) is 12.8. The SMILES string of the molecule is [B]c1c(F)cc(-c2ccc(CCC)cc2)cc1F. The largest absolute Gasteiger partial charge is 0.208 e. The van der Waals surface area contributed by atoms with E-state index in [0.717, 1.165) is 18.4 Å². The van der Waals surface area contributed by atoms with E-state index in [2.05, 4.69) is 6.92 Å². The lowest BCUT2D eigenvalue weighted by Gasteiger charge is -2.06. The second kappa shape index (κ2) is 5.34. The van der Waals surface area contributed by atoms with Crippen LogP contribution in [0.4, 0.5) is 8.78 Å². The van der Waals surface area contributed by atoms with Gasteiger partial charge in [-0.05, 0) is 40.7 Å². The van der Waals surface area contributed by atoms with E-state index in [1.54, 1.807) is 0 Å². The molecule has 0 aliphatic rings. The lowest BCUT2D eigenvalue weighted by Crippen LogP contribution is -2.13. The Bertz CT molecular complexity index is 524. The number of hydrogen-bond donors (Lipinski definition) is 0. The Morgan fingerprint density at radius 1 is 0.944 bits per heavy atom. The summed E-state index contributed by atoms with van der Waals surface area (Å²) >= 11 is 0. The van der Waals surface area contributed by atoms with Crippen LogP contribution in [0.2, 0.25) is 0 Å². The minimum absolute atomic E-state index is 0.429. The Labute approximate surface area is 107 Å². The maximum atomic E-state index is 13.4. The summed E-state index contributed by atoms with van der Waals surface area (Å²) < 4.78 is 26.7. The monoisotopic (exact) mass is 242 g/mol. The molecule has 0 aliphatic heterocycles. The van der Waals surface area contributed by atoms with Gasteiger partial charge in [0, 0.05) is 0 Å². The van der Waals surface area contributed by atoms with Gasteiger partial charge in [-0.3, -0.25) is 0 Å². The summed E-state index contributed by atoms with van der Waals surface area (Å²) in [7, 11) is 5.24. The summed E-state index contributed by atoms with van der Waals surface area (Å²) in [4.78, 5) is 0. The predicted molar refractivity (Wildman–Crippen MR) is 71.2 cm³/mol. The molecule has 0 N–H and O–H groups in total. The van der Waals surface area contributed by atoms with E-state index in [9.17, 15) is 8.78 Å². The zero-order valence-electron chi connectivity index (χ0n) is 10.2. The summed E-state index contributed by atoms with van der Waals surface area (Å²) in [5.74, 6) is -1.44. The summed E-state index contributed by atoms with van der Waals surface area (Å²) in [5.41, 5.74) is 2.08. The third-order valence-corrected chi connectivity index (χ3v) is 2.90. The van der Waals surface area contributed by atoms with Crippen LogP contribution in [0.15, 0.2) is 36.4 Å². The van der Waals surface area contributed by atoms with Gasteiger partial charge in [-0.2, -0.15) is 0 Å². The van der Waals surface area contributed by atoms with Gasteiger partial charge >= 0.3 is 0 Å². The lowest BCUT2D eigenvalue weighted by molar-refractivity contribution is 0.599. The molecule has 90 valence electrons. The Kier molecular flexibility index (Phi) is 3.80. The Hall–Kier alpha value is -1.64.